The Labute approximate surface area is 135 Å². The van der Waals surface area contributed by atoms with Gasteiger partial charge in [-0.2, -0.15) is 0 Å². The summed E-state index contributed by atoms with van der Waals surface area (Å²) < 4.78 is 21.2. The van der Waals surface area contributed by atoms with Gasteiger partial charge in [0.1, 0.15) is 11.6 Å². The first kappa shape index (κ1) is 15.1. The number of benzene rings is 1. The van der Waals surface area contributed by atoms with Crippen LogP contribution in [0.15, 0.2) is 40.2 Å². The second-order valence-corrected chi connectivity index (χ2v) is 5.92. The van der Waals surface area contributed by atoms with Gasteiger partial charge in [-0.15, -0.1) is 10.2 Å². The summed E-state index contributed by atoms with van der Waals surface area (Å²) >= 11 is 7.37. The second kappa shape index (κ2) is 6.50. The van der Waals surface area contributed by atoms with Crippen LogP contribution in [-0.2, 0) is 19.2 Å². The maximum atomic E-state index is 13.7. The average molecular weight is 339 g/mol. The molecule has 3 rings (SSSR count). The van der Waals surface area contributed by atoms with E-state index in [1.54, 1.807) is 18.3 Å². The molecule has 0 aliphatic carbocycles. The molecule has 0 saturated carbocycles. The molecule has 0 aliphatic rings. The van der Waals surface area contributed by atoms with E-state index in [-0.39, 0.29) is 12.2 Å². The molecule has 0 amide bonds. The molecule has 5 nitrogen and oxygen atoms in total. The van der Waals surface area contributed by atoms with Gasteiger partial charge in [0.15, 0.2) is 0 Å². The van der Waals surface area contributed by atoms with Gasteiger partial charge in [-0.25, -0.2) is 9.37 Å². The Balaban J connectivity index is 1.68. The lowest BCUT2D eigenvalue weighted by Gasteiger charge is -2.02. The van der Waals surface area contributed by atoms with Gasteiger partial charge in [0.25, 0.3) is 5.22 Å². The first-order valence-corrected chi connectivity index (χ1v) is 7.84. The van der Waals surface area contributed by atoms with Crippen LogP contribution in [0.5, 0.6) is 0 Å². The standard InChI is InChI=1S/C14H12ClFN4OS/c1-20-6-5-17-12(20)8-22-14-19-18-13(21-14)7-9-10(15)3-2-4-11(9)16/h2-6H,7-8H2,1H3. The maximum absolute atomic E-state index is 13.7. The zero-order valence-corrected chi connectivity index (χ0v) is 13.2. The molecule has 8 heteroatoms. The number of halogens is 2. The fourth-order valence-corrected chi connectivity index (χ4v) is 2.90. The van der Waals surface area contributed by atoms with Gasteiger partial charge in [-0.1, -0.05) is 29.4 Å². The number of hydrogen-bond donors (Lipinski definition) is 0. The van der Waals surface area contributed by atoms with Gasteiger partial charge >= 0.3 is 0 Å². The molecular formula is C14H12ClFN4OS. The van der Waals surface area contributed by atoms with Crippen molar-refractivity contribution < 1.29 is 8.81 Å². The topological polar surface area (TPSA) is 56.7 Å². The Hall–Kier alpha value is -1.86. The third-order valence-corrected chi connectivity index (χ3v) is 4.25. The van der Waals surface area contributed by atoms with Crippen molar-refractivity contribution in [3.63, 3.8) is 0 Å². The number of rotatable bonds is 5. The van der Waals surface area contributed by atoms with Gasteiger partial charge in [-0.3, -0.25) is 0 Å². The molecule has 0 radical (unpaired) electrons. The predicted octanol–water partition coefficient (Wildman–Crippen LogP) is 3.48. The fraction of sp³-hybridized carbons (Fsp3) is 0.214. The van der Waals surface area contributed by atoms with Crippen molar-refractivity contribution in [1.82, 2.24) is 19.7 Å². The summed E-state index contributed by atoms with van der Waals surface area (Å²) in [5.74, 6) is 1.47. The molecule has 0 atom stereocenters. The normalized spacial score (nSPS) is 11.0. The Morgan fingerprint density at radius 2 is 2.23 bits per heavy atom. The molecule has 3 aromatic rings. The van der Waals surface area contributed by atoms with Gasteiger partial charge in [0, 0.05) is 30.0 Å². The zero-order valence-electron chi connectivity index (χ0n) is 11.7. The van der Waals surface area contributed by atoms with Crippen LogP contribution in [0.25, 0.3) is 0 Å². The van der Waals surface area contributed by atoms with Crippen LogP contribution in [0, 0.1) is 5.82 Å². The van der Waals surface area contributed by atoms with Crippen LogP contribution in [-0.4, -0.2) is 19.7 Å². The molecule has 0 spiro atoms. The summed E-state index contributed by atoms with van der Waals surface area (Å²) in [4.78, 5) is 4.21. The summed E-state index contributed by atoms with van der Waals surface area (Å²) in [7, 11) is 1.92. The van der Waals surface area contributed by atoms with E-state index in [1.165, 1.54) is 17.8 Å². The third kappa shape index (κ3) is 3.31. The van der Waals surface area contributed by atoms with Crippen molar-refractivity contribution in [2.45, 2.75) is 17.4 Å². The van der Waals surface area contributed by atoms with Crippen molar-refractivity contribution in [2.75, 3.05) is 0 Å². The van der Waals surface area contributed by atoms with Crippen LogP contribution in [0.4, 0.5) is 4.39 Å². The molecule has 2 aromatic heterocycles. The predicted molar refractivity (Wildman–Crippen MR) is 81.3 cm³/mol. The minimum Gasteiger partial charge on any atom is -0.416 e. The van der Waals surface area contributed by atoms with E-state index in [9.17, 15) is 4.39 Å². The maximum Gasteiger partial charge on any atom is 0.277 e. The molecule has 22 heavy (non-hydrogen) atoms. The first-order valence-electron chi connectivity index (χ1n) is 6.48. The molecule has 1 aromatic carbocycles. The van der Waals surface area contributed by atoms with Crippen molar-refractivity contribution in [3.8, 4) is 0 Å². The van der Waals surface area contributed by atoms with Crippen molar-refractivity contribution >= 4 is 23.4 Å². The lowest BCUT2D eigenvalue weighted by atomic mass is 10.1. The second-order valence-electron chi connectivity index (χ2n) is 4.58. The Morgan fingerprint density at radius 1 is 1.36 bits per heavy atom. The summed E-state index contributed by atoms with van der Waals surface area (Å²) in [5.41, 5.74) is 0.355. The zero-order chi connectivity index (χ0) is 15.5. The van der Waals surface area contributed by atoms with Crippen molar-refractivity contribution in [1.29, 1.82) is 0 Å². The van der Waals surface area contributed by atoms with Crippen LogP contribution in [0.2, 0.25) is 5.02 Å². The van der Waals surface area contributed by atoms with Crippen LogP contribution in [0.1, 0.15) is 17.3 Å². The number of aromatic nitrogens is 4. The van der Waals surface area contributed by atoms with E-state index >= 15 is 0 Å². The SMILES string of the molecule is Cn1ccnc1CSc1nnc(Cc2c(F)cccc2Cl)o1. The molecule has 0 unspecified atom stereocenters. The number of imidazole rings is 1. The van der Waals surface area contributed by atoms with Crippen molar-refractivity contribution in [2.24, 2.45) is 7.05 Å². The lowest BCUT2D eigenvalue weighted by Crippen LogP contribution is -1.94. The van der Waals surface area contributed by atoms with Gasteiger partial charge in [0.05, 0.1) is 12.2 Å². The highest BCUT2D eigenvalue weighted by Gasteiger charge is 2.13. The van der Waals surface area contributed by atoms with E-state index in [0.717, 1.165) is 5.82 Å². The highest BCUT2D eigenvalue weighted by molar-refractivity contribution is 7.98. The van der Waals surface area contributed by atoms with Crippen molar-refractivity contribution in [3.05, 3.63) is 58.7 Å². The van der Waals surface area contributed by atoms with Crippen LogP contribution >= 0.6 is 23.4 Å². The summed E-state index contributed by atoms with van der Waals surface area (Å²) in [5, 5.41) is 8.64. The summed E-state index contributed by atoms with van der Waals surface area (Å²) in [6, 6.07) is 4.55. The molecule has 2 heterocycles. The number of thioether (sulfide) groups is 1. The summed E-state index contributed by atoms with van der Waals surface area (Å²) in [6.45, 7) is 0. The number of aryl methyl sites for hydroxylation is 1. The summed E-state index contributed by atoms with van der Waals surface area (Å²) in [6.07, 6.45) is 3.77. The Morgan fingerprint density at radius 3 is 2.95 bits per heavy atom. The smallest absolute Gasteiger partial charge is 0.277 e. The third-order valence-electron chi connectivity index (χ3n) is 3.08. The molecule has 0 bridgehead atoms. The fourth-order valence-electron chi connectivity index (χ4n) is 1.88. The minimum absolute atomic E-state index is 0.168. The quantitative estimate of drug-likeness (QED) is 0.667. The molecule has 114 valence electrons. The molecular weight excluding hydrogens is 327 g/mol. The van der Waals surface area contributed by atoms with E-state index in [4.69, 9.17) is 16.0 Å². The minimum atomic E-state index is -0.382. The Bertz CT molecular complexity index is 769. The van der Waals surface area contributed by atoms with Gasteiger partial charge in [0.2, 0.25) is 5.89 Å². The monoisotopic (exact) mass is 338 g/mol. The van der Waals surface area contributed by atoms with Crippen LogP contribution in [0.3, 0.4) is 0 Å². The highest BCUT2D eigenvalue weighted by atomic mass is 35.5. The molecule has 0 N–H and O–H groups in total. The highest BCUT2D eigenvalue weighted by Crippen LogP contribution is 2.24. The number of hydrogen-bond acceptors (Lipinski definition) is 5. The first-order chi connectivity index (χ1) is 10.6. The van der Waals surface area contributed by atoms with Gasteiger partial charge < -0.3 is 8.98 Å². The molecule has 0 aliphatic heterocycles. The average Bonchev–Trinajstić information content (AvgIpc) is 3.10. The van der Waals surface area contributed by atoms with E-state index in [1.807, 2.05) is 17.8 Å². The van der Waals surface area contributed by atoms with Crippen LogP contribution < -0.4 is 0 Å². The van der Waals surface area contributed by atoms with E-state index < -0.39 is 0 Å². The molecule has 0 saturated heterocycles. The molecule has 0 fully saturated rings. The number of nitrogens with zero attached hydrogens (tertiary/aromatic N) is 4. The Kier molecular flexibility index (Phi) is 4.44. The van der Waals surface area contributed by atoms with E-state index in [0.29, 0.717) is 27.5 Å². The largest absolute Gasteiger partial charge is 0.416 e. The lowest BCUT2D eigenvalue weighted by molar-refractivity contribution is 0.418. The van der Waals surface area contributed by atoms with Gasteiger partial charge in [-0.05, 0) is 12.1 Å². The van der Waals surface area contributed by atoms with E-state index in [2.05, 4.69) is 15.2 Å².